The Labute approximate surface area is 94.4 Å². The number of nitrogens with zero attached hydrogens (tertiary/aromatic N) is 1. The first-order chi connectivity index (χ1) is 7.29. The van der Waals surface area contributed by atoms with E-state index < -0.39 is 0 Å². The zero-order chi connectivity index (χ0) is 10.7. The van der Waals surface area contributed by atoms with Gasteiger partial charge in [-0.3, -0.25) is 4.90 Å². The predicted molar refractivity (Wildman–Crippen MR) is 65.1 cm³/mol. The fourth-order valence-electron chi connectivity index (χ4n) is 3.05. The van der Waals surface area contributed by atoms with Crippen LogP contribution in [0.5, 0.6) is 0 Å². The largest absolute Gasteiger partial charge is 0.311 e. The molecule has 2 atom stereocenters. The first kappa shape index (κ1) is 11.4. The van der Waals surface area contributed by atoms with Crippen molar-refractivity contribution in [1.82, 2.24) is 10.2 Å². The Hall–Kier alpha value is -0.0800. The molecule has 1 aliphatic carbocycles. The molecule has 0 amide bonds. The van der Waals surface area contributed by atoms with Crippen molar-refractivity contribution in [2.45, 2.75) is 58.0 Å². The highest BCUT2D eigenvalue weighted by atomic mass is 15.2. The van der Waals surface area contributed by atoms with E-state index in [0.717, 1.165) is 18.0 Å². The van der Waals surface area contributed by atoms with E-state index in [-0.39, 0.29) is 0 Å². The van der Waals surface area contributed by atoms with Crippen LogP contribution >= 0.6 is 0 Å². The molecule has 2 unspecified atom stereocenters. The van der Waals surface area contributed by atoms with E-state index >= 15 is 0 Å². The molecule has 0 bridgehead atoms. The van der Waals surface area contributed by atoms with Crippen molar-refractivity contribution in [1.29, 1.82) is 0 Å². The van der Waals surface area contributed by atoms with Gasteiger partial charge in [-0.25, -0.2) is 0 Å². The molecular weight excluding hydrogens is 184 g/mol. The van der Waals surface area contributed by atoms with E-state index in [0.29, 0.717) is 0 Å². The average molecular weight is 210 g/mol. The molecule has 1 heterocycles. The van der Waals surface area contributed by atoms with Gasteiger partial charge in [0, 0.05) is 31.7 Å². The van der Waals surface area contributed by atoms with Gasteiger partial charge in [-0.1, -0.05) is 19.8 Å². The molecule has 0 aromatic rings. The Morgan fingerprint density at radius 1 is 1.27 bits per heavy atom. The predicted octanol–water partition coefficient (Wildman–Crippen LogP) is 2.25. The standard InChI is InChI=1S/C13H26N2/c1-3-13-10-15(11(2)8-14-13)9-12-6-4-5-7-12/h11-14H,3-10H2,1-2H3. The third-order valence-corrected chi connectivity index (χ3v) is 4.24. The molecule has 2 nitrogen and oxygen atoms in total. The third-order valence-electron chi connectivity index (χ3n) is 4.24. The minimum absolute atomic E-state index is 0.739. The van der Waals surface area contributed by atoms with Crippen LogP contribution in [0.25, 0.3) is 0 Å². The Morgan fingerprint density at radius 2 is 2.00 bits per heavy atom. The van der Waals surface area contributed by atoms with Crippen LogP contribution in [0.4, 0.5) is 0 Å². The van der Waals surface area contributed by atoms with Crippen LogP contribution in [-0.4, -0.2) is 36.6 Å². The lowest BCUT2D eigenvalue weighted by Crippen LogP contribution is -2.56. The van der Waals surface area contributed by atoms with E-state index in [1.54, 1.807) is 0 Å². The summed E-state index contributed by atoms with van der Waals surface area (Å²) >= 11 is 0. The maximum Gasteiger partial charge on any atom is 0.0193 e. The van der Waals surface area contributed by atoms with Crippen LogP contribution in [0, 0.1) is 5.92 Å². The fourth-order valence-corrected chi connectivity index (χ4v) is 3.05. The Kier molecular flexibility index (Phi) is 4.04. The highest BCUT2D eigenvalue weighted by molar-refractivity contribution is 4.85. The summed E-state index contributed by atoms with van der Waals surface area (Å²) in [5, 5.41) is 3.63. The average Bonchev–Trinajstić information content (AvgIpc) is 2.74. The van der Waals surface area contributed by atoms with E-state index in [9.17, 15) is 0 Å². The van der Waals surface area contributed by atoms with E-state index in [2.05, 4.69) is 24.1 Å². The van der Waals surface area contributed by atoms with Crippen molar-refractivity contribution in [2.24, 2.45) is 5.92 Å². The normalized spacial score (nSPS) is 34.8. The summed E-state index contributed by atoms with van der Waals surface area (Å²) in [7, 11) is 0. The van der Waals surface area contributed by atoms with Crippen LogP contribution in [0.3, 0.4) is 0 Å². The highest BCUT2D eigenvalue weighted by Crippen LogP contribution is 2.26. The van der Waals surface area contributed by atoms with Gasteiger partial charge in [0.2, 0.25) is 0 Å². The minimum atomic E-state index is 0.739. The molecule has 0 aromatic heterocycles. The monoisotopic (exact) mass is 210 g/mol. The number of hydrogen-bond acceptors (Lipinski definition) is 2. The lowest BCUT2D eigenvalue weighted by molar-refractivity contribution is 0.119. The quantitative estimate of drug-likeness (QED) is 0.768. The molecule has 2 aliphatic rings. The van der Waals surface area contributed by atoms with Crippen molar-refractivity contribution in [2.75, 3.05) is 19.6 Å². The van der Waals surface area contributed by atoms with Gasteiger partial charge < -0.3 is 5.32 Å². The van der Waals surface area contributed by atoms with Gasteiger partial charge in [-0.2, -0.15) is 0 Å². The zero-order valence-corrected chi connectivity index (χ0v) is 10.3. The molecule has 1 aliphatic heterocycles. The summed E-state index contributed by atoms with van der Waals surface area (Å²) in [5.41, 5.74) is 0. The molecule has 1 N–H and O–H groups in total. The molecule has 0 spiro atoms. The molecule has 1 saturated carbocycles. The van der Waals surface area contributed by atoms with Crippen molar-refractivity contribution in [3.05, 3.63) is 0 Å². The van der Waals surface area contributed by atoms with Gasteiger partial charge in [0.1, 0.15) is 0 Å². The third kappa shape index (κ3) is 2.94. The van der Waals surface area contributed by atoms with Gasteiger partial charge in [-0.05, 0) is 32.1 Å². The second kappa shape index (κ2) is 5.31. The van der Waals surface area contributed by atoms with Crippen molar-refractivity contribution < 1.29 is 0 Å². The molecule has 0 radical (unpaired) electrons. The minimum Gasteiger partial charge on any atom is -0.311 e. The summed E-state index contributed by atoms with van der Waals surface area (Å²) in [6.45, 7) is 8.48. The lowest BCUT2D eigenvalue weighted by Gasteiger charge is -2.39. The van der Waals surface area contributed by atoms with Crippen molar-refractivity contribution in [3.63, 3.8) is 0 Å². The lowest BCUT2D eigenvalue weighted by atomic mass is 10.0. The van der Waals surface area contributed by atoms with Gasteiger partial charge in [-0.15, -0.1) is 0 Å². The van der Waals surface area contributed by atoms with Gasteiger partial charge in [0.15, 0.2) is 0 Å². The molecule has 0 aromatic carbocycles. The Morgan fingerprint density at radius 3 is 2.67 bits per heavy atom. The van der Waals surface area contributed by atoms with E-state index in [4.69, 9.17) is 0 Å². The van der Waals surface area contributed by atoms with Crippen molar-refractivity contribution >= 4 is 0 Å². The highest BCUT2D eigenvalue weighted by Gasteiger charge is 2.26. The topological polar surface area (TPSA) is 15.3 Å². The second-order valence-electron chi connectivity index (χ2n) is 5.47. The molecule has 2 fully saturated rings. The number of piperazine rings is 1. The number of hydrogen-bond donors (Lipinski definition) is 1. The van der Waals surface area contributed by atoms with Crippen LogP contribution in [-0.2, 0) is 0 Å². The summed E-state index contributed by atoms with van der Waals surface area (Å²) in [6.07, 6.45) is 7.18. The molecule has 1 saturated heterocycles. The van der Waals surface area contributed by atoms with E-state index in [1.807, 2.05) is 0 Å². The van der Waals surface area contributed by atoms with Crippen LogP contribution < -0.4 is 5.32 Å². The second-order valence-corrected chi connectivity index (χ2v) is 5.47. The summed E-state index contributed by atoms with van der Waals surface area (Å²) < 4.78 is 0. The zero-order valence-electron chi connectivity index (χ0n) is 10.3. The first-order valence-electron chi connectivity index (χ1n) is 6.77. The van der Waals surface area contributed by atoms with Gasteiger partial charge >= 0.3 is 0 Å². The Bertz CT molecular complexity index is 187. The van der Waals surface area contributed by atoms with Crippen LogP contribution in [0.1, 0.15) is 46.0 Å². The van der Waals surface area contributed by atoms with Gasteiger partial charge in [0.05, 0.1) is 0 Å². The van der Waals surface area contributed by atoms with Crippen LogP contribution in [0.2, 0.25) is 0 Å². The molecule has 15 heavy (non-hydrogen) atoms. The summed E-state index contributed by atoms with van der Waals surface area (Å²) in [5.74, 6) is 1.00. The maximum atomic E-state index is 3.63. The molecular formula is C13H26N2. The first-order valence-corrected chi connectivity index (χ1v) is 6.77. The maximum absolute atomic E-state index is 3.63. The smallest absolute Gasteiger partial charge is 0.0193 e. The fraction of sp³-hybridized carbons (Fsp3) is 1.00. The molecule has 2 rings (SSSR count). The molecule has 2 heteroatoms. The van der Waals surface area contributed by atoms with Gasteiger partial charge in [0.25, 0.3) is 0 Å². The Balaban J connectivity index is 1.82. The van der Waals surface area contributed by atoms with Crippen molar-refractivity contribution in [3.8, 4) is 0 Å². The molecule has 88 valence electrons. The van der Waals surface area contributed by atoms with Crippen LogP contribution in [0.15, 0.2) is 0 Å². The number of rotatable bonds is 3. The summed E-state index contributed by atoms with van der Waals surface area (Å²) in [4.78, 5) is 2.72. The number of nitrogens with one attached hydrogen (secondary N) is 1. The summed E-state index contributed by atoms with van der Waals surface area (Å²) in [6, 6.07) is 1.48. The SMILES string of the molecule is CCC1CN(CC2CCCC2)C(C)CN1. The van der Waals surface area contributed by atoms with E-state index in [1.165, 1.54) is 51.7 Å².